The van der Waals surface area contributed by atoms with E-state index in [0.29, 0.717) is 0 Å². The molecule has 2 nitrogen and oxygen atoms in total. The van der Waals surface area contributed by atoms with E-state index in [1.807, 2.05) is 12.1 Å². The first-order valence-electron chi connectivity index (χ1n) is 5.77. The fourth-order valence-electron chi connectivity index (χ4n) is 1.93. The standard InChI is InChI=1S/C13H17ClN2/c1-2-15-8-4-9-16-10-7-11-12(14)5-3-6-13(11)16/h3,5-7,10,15H,2,4,8-9H2,1H3. The average molecular weight is 237 g/mol. The lowest BCUT2D eigenvalue weighted by atomic mass is 10.2. The van der Waals surface area contributed by atoms with Crippen LogP contribution in [0.15, 0.2) is 30.5 Å². The molecule has 1 N–H and O–H groups in total. The lowest BCUT2D eigenvalue weighted by molar-refractivity contribution is 0.603. The maximum Gasteiger partial charge on any atom is 0.0499 e. The Kier molecular flexibility index (Phi) is 3.86. The maximum atomic E-state index is 6.13. The van der Waals surface area contributed by atoms with Crippen LogP contribution >= 0.6 is 11.6 Å². The Labute approximate surface area is 101 Å². The van der Waals surface area contributed by atoms with Gasteiger partial charge in [0.25, 0.3) is 0 Å². The van der Waals surface area contributed by atoms with Crippen LogP contribution in [0.5, 0.6) is 0 Å². The third-order valence-corrected chi connectivity index (χ3v) is 3.09. The van der Waals surface area contributed by atoms with Gasteiger partial charge in [0.05, 0.1) is 0 Å². The number of nitrogens with one attached hydrogen (secondary N) is 1. The molecule has 1 aromatic carbocycles. The van der Waals surface area contributed by atoms with Gasteiger partial charge in [-0.15, -0.1) is 0 Å². The predicted octanol–water partition coefficient (Wildman–Crippen LogP) is 3.29. The summed E-state index contributed by atoms with van der Waals surface area (Å²) in [4.78, 5) is 0. The molecule has 0 spiro atoms. The van der Waals surface area contributed by atoms with Crippen LogP contribution in [0.3, 0.4) is 0 Å². The van der Waals surface area contributed by atoms with E-state index in [4.69, 9.17) is 11.6 Å². The molecule has 0 saturated heterocycles. The van der Waals surface area contributed by atoms with Crippen LogP contribution in [0.2, 0.25) is 5.02 Å². The van der Waals surface area contributed by atoms with Crippen molar-refractivity contribution in [1.82, 2.24) is 9.88 Å². The van der Waals surface area contributed by atoms with Gasteiger partial charge in [-0.3, -0.25) is 0 Å². The van der Waals surface area contributed by atoms with Gasteiger partial charge in [-0.05, 0) is 37.7 Å². The Morgan fingerprint density at radius 2 is 2.19 bits per heavy atom. The van der Waals surface area contributed by atoms with Crippen molar-refractivity contribution in [3.63, 3.8) is 0 Å². The molecule has 3 heteroatoms. The number of hydrogen-bond acceptors (Lipinski definition) is 1. The molecule has 16 heavy (non-hydrogen) atoms. The number of benzene rings is 1. The highest BCUT2D eigenvalue weighted by Crippen LogP contribution is 2.24. The molecule has 0 saturated carbocycles. The van der Waals surface area contributed by atoms with Crippen LogP contribution < -0.4 is 5.32 Å². The van der Waals surface area contributed by atoms with Crippen LogP contribution in [-0.2, 0) is 6.54 Å². The highest BCUT2D eigenvalue weighted by atomic mass is 35.5. The molecular weight excluding hydrogens is 220 g/mol. The summed E-state index contributed by atoms with van der Waals surface area (Å²) in [6, 6.07) is 8.15. The van der Waals surface area contributed by atoms with Gasteiger partial charge in [0, 0.05) is 28.7 Å². The van der Waals surface area contributed by atoms with E-state index in [0.717, 1.165) is 36.5 Å². The van der Waals surface area contributed by atoms with Gasteiger partial charge in [-0.1, -0.05) is 24.6 Å². The molecule has 0 unspecified atom stereocenters. The summed E-state index contributed by atoms with van der Waals surface area (Å²) in [6.45, 7) is 5.27. The molecule has 2 aromatic rings. The predicted molar refractivity (Wildman–Crippen MR) is 70.1 cm³/mol. The molecule has 0 bridgehead atoms. The fraction of sp³-hybridized carbons (Fsp3) is 0.385. The lowest BCUT2D eigenvalue weighted by Gasteiger charge is -2.06. The van der Waals surface area contributed by atoms with Gasteiger partial charge in [-0.2, -0.15) is 0 Å². The maximum absolute atomic E-state index is 6.13. The van der Waals surface area contributed by atoms with Gasteiger partial charge in [-0.25, -0.2) is 0 Å². The Hall–Kier alpha value is -0.990. The Morgan fingerprint density at radius 3 is 3.00 bits per heavy atom. The number of aryl methyl sites for hydroxylation is 1. The van der Waals surface area contributed by atoms with Crippen LogP contribution in [0, 0.1) is 0 Å². The van der Waals surface area contributed by atoms with Crippen molar-refractivity contribution in [3.8, 4) is 0 Å². The molecule has 1 aromatic heterocycles. The monoisotopic (exact) mass is 236 g/mol. The van der Waals surface area contributed by atoms with E-state index in [2.05, 4.69) is 35.1 Å². The van der Waals surface area contributed by atoms with Gasteiger partial charge >= 0.3 is 0 Å². The summed E-state index contributed by atoms with van der Waals surface area (Å²) in [5, 5.41) is 5.31. The zero-order valence-electron chi connectivity index (χ0n) is 9.54. The molecule has 0 aliphatic carbocycles. The van der Waals surface area contributed by atoms with E-state index in [1.165, 1.54) is 5.52 Å². The Bertz CT molecular complexity index is 462. The zero-order valence-corrected chi connectivity index (χ0v) is 10.3. The molecule has 0 atom stereocenters. The van der Waals surface area contributed by atoms with E-state index < -0.39 is 0 Å². The first-order valence-corrected chi connectivity index (χ1v) is 6.15. The molecule has 2 rings (SSSR count). The number of rotatable bonds is 5. The van der Waals surface area contributed by atoms with Crippen molar-refractivity contribution < 1.29 is 0 Å². The Balaban J connectivity index is 2.10. The lowest BCUT2D eigenvalue weighted by Crippen LogP contribution is -2.15. The van der Waals surface area contributed by atoms with E-state index in [-0.39, 0.29) is 0 Å². The van der Waals surface area contributed by atoms with Crippen LogP contribution in [0.25, 0.3) is 10.9 Å². The molecule has 0 aliphatic rings. The largest absolute Gasteiger partial charge is 0.347 e. The number of halogens is 1. The molecular formula is C13H17ClN2. The van der Waals surface area contributed by atoms with Gasteiger partial charge in [0.2, 0.25) is 0 Å². The summed E-state index contributed by atoms with van der Waals surface area (Å²) in [6.07, 6.45) is 3.26. The van der Waals surface area contributed by atoms with Crippen molar-refractivity contribution >= 4 is 22.5 Å². The Morgan fingerprint density at radius 1 is 1.31 bits per heavy atom. The van der Waals surface area contributed by atoms with Crippen molar-refractivity contribution in [2.75, 3.05) is 13.1 Å². The summed E-state index contributed by atoms with van der Waals surface area (Å²) >= 11 is 6.13. The molecule has 1 heterocycles. The fourth-order valence-corrected chi connectivity index (χ4v) is 2.16. The SMILES string of the molecule is CCNCCCn1ccc2c(Cl)cccc21. The second kappa shape index (κ2) is 5.37. The van der Waals surface area contributed by atoms with Gasteiger partial charge in [0.15, 0.2) is 0 Å². The normalized spacial score (nSPS) is 11.1. The minimum absolute atomic E-state index is 0.836. The first kappa shape index (κ1) is 11.5. The van der Waals surface area contributed by atoms with Gasteiger partial charge in [0.1, 0.15) is 0 Å². The molecule has 86 valence electrons. The highest BCUT2D eigenvalue weighted by Gasteiger charge is 2.02. The average Bonchev–Trinajstić information content (AvgIpc) is 2.70. The van der Waals surface area contributed by atoms with Crippen molar-refractivity contribution in [2.45, 2.75) is 19.9 Å². The molecule has 0 amide bonds. The van der Waals surface area contributed by atoms with Crippen LogP contribution in [0.1, 0.15) is 13.3 Å². The topological polar surface area (TPSA) is 17.0 Å². The quantitative estimate of drug-likeness (QED) is 0.789. The third kappa shape index (κ3) is 2.39. The summed E-state index contributed by atoms with van der Waals surface area (Å²) in [5.41, 5.74) is 1.23. The second-order valence-electron chi connectivity index (χ2n) is 3.89. The second-order valence-corrected chi connectivity index (χ2v) is 4.30. The van der Waals surface area contributed by atoms with Crippen LogP contribution in [-0.4, -0.2) is 17.7 Å². The van der Waals surface area contributed by atoms with E-state index >= 15 is 0 Å². The summed E-state index contributed by atoms with van der Waals surface area (Å²) < 4.78 is 2.26. The summed E-state index contributed by atoms with van der Waals surface area (Å²) in [5.74, 6) is 0. The van der Waals surface area contributed by atoms with Crippen molar-refractivity contribution in [3.05, 3.63) is 35.5 Å². The summed E-state index contributed by atoms with van der Waals surface area (Å²) in [7, 11) is 0. The number of nitrogens with zero attached hydrogens (tertiary/aromatic N) is 1. The van der Waals surface area contributed by atoms with Crippen LogP contribution in [0.4, 0.5) is 0 Å². The third-order valence-electron chi connectivity index (χ3n) is 2.76. The minimum atomic E-state index is 0.836. The number of fused-ring (bicyclic) bond motifs is 1. The van der Waals surface area contributed by atoms with E-state index in [1.54, 1.807) is 0 Å². The number of hydrogen-bond donors (Lipinski definition) is 1. The van der Waals surface area contributed by atoms with E-state index in [9.17, 15) is 0 Å². The highest BCUT2D eigenvalue weighted by molar-refractivity contribution is 6.35. The minimum Gasteiger partial charge on any atom is -0.347 e. The van der Waals surface area contributed by atoms with Crippen molar-refractivity contribution in [2.24, 2.45) is 0 Å². The molecule has 0 fully saturated rings. The smallest absolute Gasteiger partial charge is 0.0499 e. The zero-order chi connectivity index (χ0) is 11.4. The van der Waals surface area contributed by atoms with Gasteiger partial charge < -0.3 is 9.88 Å². The molecule has 0 aliphatic heterocycles. The first-order chi connectivity index (χ1) is 7.83. The van der Waals surface area contributed by atoms with Crippen molar-refractivity contribution in [1.29, 1.82) is 0 Å². The number of aromatic nitrogens is 1. The molecule has 0 radical (unpaired) electrons.